The molecule has 2 amide bonds. The Bertz CT molecular complexity index is 963. The van der Waals surface area contributed by atoms with E-state index >= 15 is 0 Å². The average Bonchev–Trinajstić information content (AvgIpc) is 2.77. The summed E-state index contributed by atoms with van der Waals surface area (Å²) in [5.41, 5.74) is 2.09. The van der Waals surface area contributed by atoms with Gasteiger partial charge >= 0.3 is 0 Å². The monoisotopic (exact) mass is 454 g/mol. The molecule has 0 bridgehead atoms. The maximum Gasteiger partial charge on any atom is 0.261 e. The van der Waals surface area contributed by atoms with Crippen LogP contribution in [0.1, 0.15) is 36.8 Å². The van der Waals surface area contributed by atoms with Crippen LogP contribution in [0.3, 0.4) is 0 Å². The van der Waals surface area contributed by atoms with Crippen molar-refractivity contribution in [3.05, 3.63) is 75.7 Å². The highest BCUT2D eigenvalue weighted by Gasteiger charge is 2.41. The third kappa shape index (κ3) is 5.72. The summed E-state index contributed by atoms with van der Waals surface area (Å²) in [5, 5.41) is 3.98. The van der Waals surface area contributed by atoms with Crippen molar-refractivity contribution in [3.8, 4) is 0 Å². The van der Waals surface area contributed by atoms with Crippen LogP contribution in [0, 0.1) is 0 Å². The number of hydrogen-bond acceptors (Lipinski definition) is 3. The minimum atomic E-state index is -0.0948. The molecule has 6 heteroatoms. The topological polar surface area (TPSA) is 49.4 Å². The van der Waals surface area contributed by atoms with Gasteiger partial charge in [-0.25, -0.2) is 0 Å². The van der Waals surface area contributed by atoms with Gasteiger partial charge in [0, 0.05) is 22.9 Å². The van der Waals surface area contributed by atoms with E-state index in [2.05, 4.69) is 17.4 Å². The van der Waals surface area contributed by atoms with E-state index in [0.29, 0.717) is 21.7 Å². The van der Waals surface area contributed by atoms with Gasteiger partial charge in [-0.05, 0) is 48.6 Å². The van der Waals surface area contributed by atoms with E-state index < -0.39 is 0 Å². The molecule has 4 nitrogen and oxygen atoms in total. The number of carbonyl (C=O) groups is 2. The van der Waals surface area contributed by atoms with Crippen LogP contribution in [0.15, 0.2) is 59.5 Å². The van der Waals surface area contributed by atoms with Crippen molar-refractivity contribution >= 4 is 41.3 Å². The van der Waals surface area contributed by atoms with Crippen LogP contribution in [0.4, 0.5) is 0 Å². The van der Waals surface area contributed by atoms with E-state index in [1.54, 1.807) is 16.7 Å². The van der Waals surface area contributed by atoms with Crippen molar-refractivity contribution in [2.45, 2.75) is 43.4 Å². The van der Waals surface area contributed by atoms with Gasteiger partial charge in [0.1, 0.15) is 6.54 Å². The van der Waals surface area contributed by atoms with E-state index in [9.17, 15) is 9.59 Å². The highest BCUT2D eigenvalue weighted by molar-refractivity contribution is 8.04. The molecule has 2 aromatic rings. The molecule has 2 fully saturated rings. The van der Waals surface area contributed by atoms with Gasteiger partial charge in [-0.15, -0.1) is 11.8 Å². The maximum atomic E-state index is 13.3. The zero-order chi connectivity index (χ0) is 21.6. The standard InChI is InChI=1S/C25H27ClN2O2S/c26-20-10-6-9-19(15-20)16-23-25(30)28(21-11-4-5-12-22(21)31-23)17-24(29)27-14-13-18-7-2-1-3-8-18/h1-3,6-10,15-16,21-22H,4-5,11-14,17H2,(H,27,29)/b23-16+. The number of thioether (sulfide) groups is 1. The molecular formula is C25H27ClN2O2S. The van der Waals surface area contributed by atoms with Crippen LogP contribution in [0.5, 0.6) is 0 Å². The summed E-state index contributed by atoms with van der Waals surface area (Å²) >= 11 is 7.78. The van der Waals surface area contributed by atoms with Gasteiger partial charge in [-0.2, -0.15) is 0 Å². The first-order chi connectivity index (χ1) is 15.1. The predicted octanol–water partition coefficient (Wildman–Crippen LogP) is 4.93. The summed E-state index contributed by atoms with van der Waals surface area (Å²) < 4.78 is 0. The lowest BCUT2D eigenvalue weighted by Crippen LogP contribution is -2.54. The molecule has 31 heavy (non-hydrogen) atoms. The summed E-state index contributed by atoms with van der Waals surface area (Å²) in [7, 11) is 0. The van der Waals surface area contributed by atoms with Gasteiger partial charge in [0.2, 0.25) is 5.91 Å². The average molecular weight is 455 g/mol. The smallest absolute Gasteiger partial charge is 0.261 e. The lowest BCUT2D eigenvalue weighted by molar-refractivity contribution is -0.135. The molecule has 162 valence electrons. The van der Waals surface area contributed by atoms with Gasteiger partial charge in [0.05, 0.1) is 4.91 Å². The van der Waals surface area contributed by atoms with Crippen molar-refractivity contribution in [3.63, 3.8) is 0 Å². The van der Waals surface area contributed by atoms with Crippen LogP contribution in [-0.2, 0) is 16.0 Å². The van der Waals surface area contributed by atoms with E-state index in [4.69, 9.17) is 11.6 Å². The summed E-state index contributed by atoms with van der Waals surface area (Å²) in [4.78, 5) is 28.5. The minimum absolute atomic E-state index is 0.0497. The summed E-state index contributed by atoms with van der Waals surface area (Å²) in [6.45, 7) is 0.682. The van der Waals surface area contributed by atoms with Crippen LogP contribution in [-0.4, -0.2) is 41.1 Å². The Labute approximate surface area is 193 Å². The van der Waals surface area contributed by atoms with Crippen molar-refractivity contribution in [1.82, 2.24) is 10.2 Å². The third-order valence-corrected chi connectivity index (χ3v) is 7.49. The molecule has 1 heterocycles. The largest absolute Gasteiger partial charge is 0.354 e. The van der Waals surface area contributed by atoms with Crippen LogP contribution < -0.4 is 5.32 Å². The molecule has 4 rings (SSSR count). The molecule has 2 aliphatic rings. The summed E-state index contributed by atoms with van der Waals surface area (Å²) in [5.74, 6) is -0.144. The molecule has 1 saturated carbocycles. The predicted molar refractivity (Wildman–Crippen MR) is 128 cm³/mol. The van der Waals surface area contributed by atoms with Crippen molar-refractivity contribution in [2.75, 3.05) is 13.1 Å². The van der Waals surface area contributed by atoms with Gasteiger partial charge in [-0.1, -0.05) is 66.9 Å². The van der Waals surface area contributed by atoms with E-state index in [0.717, 1.165) is 31.2 Å². The fourth-order valence-corrected chi connectivity index (χ4v) is 5.98. The molecule has 2 atom stereocenters. The fraction of sp³-hybridized carbons (Fsp3) is 0.360. The summed E-state index contributed by atoms with van der Waals surface area (Å²) in [6, 6.07) is 17.7. The van der Waals surface area contributed by atoms with Crippen LogP contribution in [0.25, 0.3) is 6.08 Å². The van der Waals surface area contributed by atoms with Gasteiger partial charge in [0.15, 0.2) is 0 Å². The molecule has 1 aliphatic heterocycles. The zero-order valence-corrected chi connectivity index (χ0v) is 19.0. The second kappa shape index (κ2) is 10.4. The van der Waals surface area contributed by atoms with Crippen LogP contribution >= 0.6 is 23.4 Å². The first-order valence-corrected chi connectivity index (χ1v) is 12.1. The second-order valence-corrected chi connectivity index (χ2v) is 9.81. The Hall–Kier alpha value is -2.24. The number of benzene rings is 2. The highest BCUT2D eigenvalue weighted by atomic mass is 35.5. The quantitative estimate of drug-likeness (QED) is 0.630. The number of hydrogen-bond donors (Lipinski definition) is 1. The number of carbonyl (C=O) groups excluding carboxylic acids is 2. The molecule has 1 saturated heterocycles. The molecule has 0 spiro atoms. The van der Waals surface area contributed by atoms with Crippen molar-refractivity contribution < 1.29 is 9.59 Å². The number of rotatable bonds is 6. The second-order valence-electron chi connectivity index (χ2n) is 8.09. The Morgan fingerprint density at radius 3 is 2.74 bits per heavy atom. The van der Waals surface area contributed by atoms with Crippen molar-refractivity contribution in [2.24, 2.45) is 0 Å². The molecule has 1 N–H and O–H groups in total. The highest BCUT2D eigenvalue weighted by Crippen LogP contribution is 2.42. The Morgan fingerprint density at radius 1 is 1.13 bits per heavy atom. The lowest BCUT2D eigenvalue weighted by atomic mass is 9.93. The van der Waals surface area contributed by atoms with Gasteiger partial charge < -0.3 is 10.2 Å². The molecular weight excluding hydrogens is 428 g/mol. The maximum absolute atomic E-state index is 13.3. The Morgan fingerprint density at radius 2 is 1.94 bits per heavy atom. The molecule has 0 radical (unpaired) electrons. The number of fused-ring (bicyclic) bond motifs is 1. The Balaban J connectivity index is 1.44. The van der Waals surface area contributed by atoms with Gasteiger partial charge in [0.25, 0.3) is 5.91 Å². The normalized spacial score (nSPS) is 22.3. The SMILES string of the molecule is O=C(CN1C(=O)/C(=C\c2cccc(Cl)c2)SC2CCCCC21)NCCc1ccccc1. The molecule has 1 aliphatic carbocycles. The van der Waals surface area contributed by atoms with E-state index in [1.807, 2.05) is 48.5 Å². The molecule has 2 aromatic carbocycles. The summed E-state index contributed by atoms with van der Waals surface area (Å²) in [6.07, 6.45) is 7.00. The first kappa shape index (κ1) is 22.0. The number of amides is 2. The molecule has 0 aromatic heterocycles. The van der Waals surface area contributed by atoms with Crippen molar-refractivity contribution in [1.29, 1.82) is 0 Å². The first-order valence-electron chi connectivity index (χ1n) is 10.9. The van der Waals surface area contributed by atoms with Gasteiger partial charge in [-0.3, -0.25) is 9.59 Å². The Kier molecular flexibility index (Phi) is 7.36. The fourth-order valence-electron chi connectivity index (χ4n) is 4.31. The lowest BCUT2D eigenvalue weighted by Gasteiger charge is -2.43. The zero-order valence-electron chi connectivity index (χ0n) is 17.4. The number of nitrogens with zero attached hydrogens (tertiary/aromatic N) is 1. The van der Waals surface area contributed by atoms with Crippen LogP contribution in [0.2, 0.25) is 5.02 Å². The minimum Gasteiger partial charge on any atom is -0.354 e. The van der Waals surface area contributed by atoms with E-state index in [-0.39, 0.29) is 24.4 Å². The third-order valence-electron chi connectivity index (χ3n) is 5.86. The van der Waals surface area contributed by atoms with E-state index in [1.165, 1.54) is 12.0 Å². The number of nitrogens with one attached hydrogen (secondary N) is 1. The molecule has 2 unspecified atom stereocenters. The number of halogens is 1.